The normalized spacial score (nSPS) is 19.7. The minimum absolute atomic E-state index is 0.0405. The highest BCUT2D eigenvalue weighted by Crippen LogP contribution is 2.40. The van der Waals surface area contributed by atoms with Crippen molar-refractivity contribution in [2.75, 3.05) is 0 Å². The van der Waals surface area contributed by atoms with Crippen LogP contribution in [0.15, 0.2) is 37.1 Å². The van der Waals surface area contributed by atoms with E-state index in [2.05, 4.69) is 13.5 Å². The summed E-state index contributed by atoms with van der Waals surface area (Å²) in [5, 5.41) is 0. The van der Waals surface area contributed by atoms with Crippen molar-refractivity contribution in [3.8, 4) is 16.9 Å². The topological polar surface area (TPSA) is 9.23 Å². The van der Waals surface area contributed by atoms with E-state index in [0.717, 1.165) is 44.4 Å². The maximum absolute atomic E-state index is 14.7. The molecule has 0 heterocycles. The molecule has 0 spiro atoms. The molecule has 2 aromatic rings. The Balaban J connectivity index is 1.94. The molecule has 1 aliphatic carbocycles. The third-order valence-electron chi connectivity index (χ3n) is 5.52. The van der Waals surface area contributed by atoms with Crippen LogP contribution in [0.5, 0.6) is 5.75 Å². The molecule has 2 aromatic carbocycles. The number of rotatable bonds is 5. The molecule has 0 atom stereocenters. The van der Waals surface area contributed by atoms with Crippen LogP contribution >= 0.6 is 0 Å². The molecule has 3 rings (SSSR count). The fraction of sp³-hybridized carbons (Fsp3) is 0.364. The Morgan fingerprint density at radius 3 is 2.07 bits per heavy atom. The molecule has 0 aliphatic heterocycles. The van der Waals surface area contributed by atoms with Crippen molar-refractivity contribution in [2.24, 2.45) is 5.92 Å². The van der Waals surface area contributed by atoms with Crippen LogP contribution in [0.4, 0.5) is 17.6 Å². The van der Waals surface area contributed by atoms with Gasteiger partial charge in [-0.1, -0.05) is 32.1 Å². The van der Waals surface area contributed by atoms with Crippen molar-refractivity contribution in [3.05, 3.63) is 65.9 Å². The van der Waals surface area contributed by atoms with Gasteiger partial charge in [0.05, 0.1) is 6.26 Å². The lowest BCUT2D eigenvalue weighted by Crippen LogP contribution is -2.14. The number of hydrogen-bond acceptors (Lipinski definition) is 1. The van der Waals surface area contributed by atoms with Crippen molar-refractivity contribution in [1.29, 1.82) is 0 Å². The molecular formula is C22H22F4O. The summed E-state index contributed by atoms with van der Waals surface area (Å²) in [4.78, 5) is 0. The van der Waals surface area contributed by atoms with E-state index in [9.17, 15) is 17.6 Å². The van der Waals surface area contributed by atoms with Crippen LogP contribution < -0.4 is 4.74 Å². The van der Waals surface area contributed by atoms with Gasteiger partial charge in [-0.25, -0.2) is 13.2 Å². The van der Waals surface area contributed by atoms with Gasteiger partial charge < -0.3 is 4.74 Å². The molecule has 0 amide bonds. The molecule has 1 saturated carbocycles. The zero-order valence-corrected chi connectivity index (χ0v) is 15.2. The fourth-order valence-corrected chi connectivity index (χ4v) is 3.89. The molecule has 1 nitrogen and oxygen atoms in total. The SMILES string of the molecule is C=COc1ccc(-c2ccc(C3CCC(CC)CC3)c(F)c2F)c(F)c1F. The second-order valence-corrected chi connectivity index (χ2v) is 6.98. The van der Waals surface area contributed by atoms with Crippen LogP contribution in [-0.4, -0.2) is 0 Å². The number of ether oxygens (including phenoxy) is 1. The molecule has 0 aromatic heterocycles. The van der Waals surface area contributed by atoms with E-state index in [4.69, 9.17) is 4.74 Å². The standard InChI is InChI=1S/C22H22F4O/c1-3-13-5-7-14(8-6-13)15-9-10-16(20(24)19(15)23)17-11-12-18(27-4-2)22(26)21(17)25/h4,9-14H,2-3,5-8H2,1H3. The van der Waals surface area contributed by atoms with Crippen LogP contribution in [0.25, 0.3) is 11.1 Å². The number of benzene rings is 2. The Morgan fingerprint density at radius 1 is 0.889 bits per heavy atom. The quantitative estimate of drug-likeness (QED) is 0.398. The first-order valence-corrected chi connectivity index (χ1v) is 9.21. The zero-order valence-electron chi connectivity index (χ0n) is 15.2. The zero-order chi connectivity index (χ0) is 19.6. The highest BCUT2D eigenvalue weighted by Gasteiger charge is 2.27. The van der Waals surface area contributed by atoms with Gasteiger partial charge in [0.25, 0.3) is 0 Å². The molecular weight excluding hydrogens is 356 g/mol. The highest BCUT2D eigenvalue weighted by molar-refractivity contribution is 5.66. The molecule has 0 N–H and O–H groups in total. The summed E-state index contributed by atoms with van der Waals surface area (Å²) in [7, 11) is 0. The van der Waals surface area contributed by atoms with Gasteiger partial charge in [-0.2, -0.15) is 4.39 Å². The third kappa shape index (κ3) is 3.73. The molecule has 0 radical (unpaired) electrons. The van der Waals surface area contributed by atoms with Gasteiger partial charge in [-0.3, -0.25) is 0 Å². The molecule has 0 bridgehead atoms. The summed E-state index contributed by atoms with van der Waals surface area (Å²) >= 11 is 0. The molecule has 1 aliphatic rings. The molecule has 5 heteroatoms. The maximum Gasteiger partial charge on any atom is 0.201 e. The Kier molecular flexibility index (Phi) is 5.88. The third-order valence-corrected chi connectivity index (χ3v) is 5.52. The predicted molar refractivity (Wildman–Crippen MR) is 97.5 cm³/mol. The van der Waals surface area contributed by atoms with Crippen LogP contribution in [0, 0.1) is 29.2 Å². The van der Waals surface area contributed by atoms with Crippen LogP contribution in [0.2, 0.25) is 0 Å². The van der Waals surface area contributed by atoms with Crippen LogP contribution in [0.1, 0.15) is 50.5 Å². The largest absolute Gasteiger partial charge is 0.462 e. The van der Waals surface area contributed by atoms with Gasteiger partial charge in [-0.15, -0.1) is 0 Å². The first-order valence-electron chi connectivity index (χ1n) is 9.21. The van der Waals surface area contributed by atoms with E-state index in [-0.39, 0.29) is 22.8 Å². The highest BCUT2D eigenvalue weighted by atomic mass is 19.2. The molecule has 0 unspecified atom stereocenters. The van der Waals surface area contributed by atoms with Crippen LogP contribution in [0.3, 0.4) is 0 Å². The summed E-state index contributed by atoms with van der Waals surface area (Å²) in [6.45, 7) is 5.41. The minimum Gasteiger partial charge on any atom is -0.462 e. The van der Waals surface area contributed by atoms with Gasteiger partial charge in [0.15, 0.2) is 23.2 Å². The number of hydrogen-bond donors (Lipinski definition) is 0. The van der Waals surface area contributed by atoms with Crippen molar-refractivity contribution >= 4 is 0 Å². The van der Waals surface area contributed by atoms with E-state index in [0.29, 0.717) is 11.5 Å². The van der Waals surface area contributed by atoms with Gasteiger partial charge >= 0.3 is 0 Å². The van der Waals surface area contributed by atoms with E-state index >= 15 is 0 Å². The van der Waals surface area contributed by atoms with Crippen LogP contribution in [-0.2, 0) is 0 Å². The second kappa shape index (κ2) is 8.15. The van der Waals surface area contributed by atoms with Crippen molar-refractivity contribution in [3.63, 3.8) is 0 Å². The summed E-state index contributed by atoms with van der Waals surface area (Å²) in [6, 6.07) is 5.15. The lowest BCUT2D eigenvalue weighted by atomic mass is 9.77. The fourth-order valence-electron chi connectivity index (χ4n) is 3.89. The maximum atomic E-state index is 14.7. The van der Waals surface area contributed by atoms with Crippen molar-refractivity contribution in [1.82, 2.24) is 0 Å². The molecule has 1 fully saturated rings. The average molecular weight is 378 g/mol. The smallest absolute Gasteiger partial charge is 0.201 e. The van der Waals surface area contributed by atoms with E-state index in [1.54, 1.807) is 0 Å². The van der Waals surface area contributed by atoms with E-state index in [1.165, 1.54) is 18.2 Å². The summed E-state index contributed by atoms with van der Waals surface area (Å²) in [6.07, 6.45) is 5.66. The molecule has 144 valence electrons. The second-order valence-electron chi connectivity index (χ2n) is 6.98. The van der Waals surface area contributed by atoms with Gasteiger partial charge in [0.2, 0.25) is 5.82 Å². The van der Waals surface area contributed by atoms with Gasteiger partial charge in [-0.05, 0) is 55.2 Å². The van der Waals surface area contributed by atoms with E-state index in [1.807, 2.05) is 0 Å². The first-order chi connectivity index (χ1) is 13.0. The van der Waals surface area contributed by atoms with Crippen molar-refractivity contribution in [2.45, 2.75) is 44.9 Å². The summed E-state index contributed by atoms with van der Waals surface area (Å²) in [5.41, 5.74) is -0.333. The van der Waals surface area contributed by atoms with Crippen molar-refractivity contribution < 1.29 is 22.3 Å². The Labute approximate surface area is 156 Å². The lowest BCUT2D eigenvalue weighted by molar-refractivity contribution is 0.312. The summed E-state index contributed by atoms with van der Waals surface area (Å²) < 4.78 is 62.6. The number of halogens is 4. The minimum atomic E-state index is -1.29. The Hall–Kier alpha value is -2.30. The first kappa shape index (κ1) is 19.5. The van der Waals surface area contributed by atoms with Gasteiger partial charge in [0, 0.05) is 11.1 Å². The van der Waals surface area contributed by atoms with E-state index < -0.39 is 23.3 Å². The monoisotopic (exact) mass is 378 g/mol. The average Bonchev–Trinajstić information content (AvgIpc) is 2.68. The predicted octanol–water partition coefficient (Wildman–Crippen LogP) is 7.12. The lowest BCUT2D eigenvalue weighted by Gasteiger charge is -2.28. The molecule has 0 saturated heterocycles. The summed E-state index contributed by atoms with van der Waals surface area (Å²) in [5.74, 6) is -4.45. The Bertz CT molecular complexity index is 839. The van der Waals surface area contributed by atoms with Gasteiger partial charge in [0.1, 0.15) is 0 Å². The molecule has 27 heavy (non-hydrogen) atoms. The Morgan fingerprint density at radius 2 is 1.48 bits per heavy atom.